The minimum atomic E-state index is -0.319. The fourth-order valence-corrected chi connectivity index (χ4v) is 4.11. The van der Waals surface area contributed by atoms with Gasteiger partial charge in [-0.1, -0.05) is 79.1 Å². The molecule has 0 aromatic rings. The highest BCUT2D eigenvalue weighted by molar-refractivity contribution is 5.82. The Labute approximate surface area is 173 Å². The zero-order chi connectivity index (χ0) is 20.8. The molecular formula is C24H44O4. The summed E-state index contributed by atoms with van der Waals surface area (Å²) in [6, 6.07) is 0. The SMILES string of the molecule is CCCCC(CC)COC(=O)[C@H]1CCCC[C@H]1C(=O)OCC(CC)CCCC. The average molecular weight is 397 g/mol. The van der Waals surface area contributed by atoms with Crippen LogP contribution in [0.4, 0.5) is 0 Å². The van der Waals surface area contributed by atoms with Crippen LogP contribution in [0.3, 0.4) is 0 Å². The third-order valence-corrected chi connectivity index (χ3v) is 6.38. The first kappa shape index (κ1) is 25.0. The Bertz CT molecular complexity index is 394. The quantitative estimate of drug-likeness (QED) is 0.323. The summed E-state index contributed by atoms with van der Waals surface area (Å²) in [5.74, 6) is -0.144. The lowest BCUT2D eigenvalue weighted by molar-refractivity contribution is -0.164. The average Bonchev–Trinajstić information content (AvgIpc) is 2.73. The van der Waals surface area contributed by atoms with Crippen LogP contribution in [0, 0.1) is 23.7 Å². The van der Waals surface area contributed by atoms with Crippen LogP contribution in [0.2, 0.25) is 0 Å². The largest absolute Gasteiger partial charge is 0.465 e. The summed E-state index contributed by atoms with van der Waals surface area (Å²) in [6.07, 6.45) is 12.4. The molecule has 1 saturated carbocycles. The highest BCUT2D eigenvalue weighted by Crippen LogP contribution is 2.32. The van der Waals surface area contributed by atoms with Gasteiger partial charge in [0.2, 0.25) is 0 Å². The van der Waals surface area contributed by atoms with Crippen molar-refractivity contribution in [3.63, 3.8) is 0 Å². The van der Waals surface area contributed by atoms with E-state index in [1.165, 1.54) is 12.8 Å². The monoisotopic (exact) mass is 396 g/mol. The summed E-state index contributed by atoms with van der Waals surface area (Å²) in [6.45, 7) is 9.64. The minimum absolute atomic E-state index is 0.186. The van der Waals surface area contributed by atoms with Crippen LogP contribution in [0.15, 0.2) is 0 Å². The Balaban J connectivity index is 2.54. The van der Waals surface area contributed by atoms with E-state index in [0.29, 0.717) is 25.0 Å². The molecule has 0 saturated heterocycles. The smallest absolute Gasteiger partial charge is 0.309 e. The molecule has 0 aromatic carbocycles. The first-order valence-electron chi connectivity index (χ1n) is 11.9. The van der Waals surface area contributed by atoms with Crippen molar-refractivity contribution in [1.29, 1.82) is 0 Å². The van der Waals surface area contributed by atoms with Gasteiger partial charge in [-0.25, -0.2) is 0 Å². The van der Waals surface area contributed by atoms with E-state index in [0.717, 1.165) is 64.2 Å². The topological polar surface area (TPSA) is 52.6 Å². The molecule has 0 spiro atoms. The standard InChI is InChI=1S/C24H44O4/c1-5-9-13-19(7-3)17-27-23(25)21-15-11-12-16-22(21)24(26)28-18-20(8-4)14-10-6-2/h19-22H,5-18H2,1-4H3/t19?,20?,21-,22+. The molecule has 4 nitrogen and oxygen atoms in total. The van der Waals surface area contributed by atoms with Crippen molar-refractivity contribution in [1.82, 2.24) is 0 Å². The zero-order valence-electron chi connectivity index (χ0n) is 18.8. The fourth-order valence-electron chi connectivity index (χ4n) is 4.11. The molecule has 2 unspecified atom stereocenters. The van der Waals surface area contributed by atoms with Gasteiger partial charge in [-0.05, 0) is 37.5 Å². The maximum Gasteiger partial charge on any atom is 0.309 e. The van der Waals surface area contributed by atoms with Crippen molar-refractivity contribution < 1.29 is 19.1 Å². The predicted octanol–water partition coefficient (Wildman–Crippen LogP) is 6.31. The van der Waals surface area contributed by atoms with Crippen molar-refractivity contribution in [3.8, 4) is 0 Å². The van der Waals surface area contributed by atoms with Crippen molar-refractivity contribution in [2.75, 3.05) is 13.2 Å². The van der Waals surface area contributed by atoms with Gasteiger partial charge in [0.15, 0.2) is 0 Å². The fraction of sp³-hybridized carbons (Fsp3) is 0.917. The summed E-state index contributed by atoms with van der Waals surface area (Å²) in [5.41, 5.74) is 0. The van der Waals surface area contributed by atoms with Crippen LogP contribution < -0.4 is 0 Å². The molecule has 1 fully saturated rings. The van der Waals surface area contributed by atoms with E-state index in [-0.39, 0.29) is 23.8 Å². The third-order valence-electron chi connectivity index (χ3n) is 6.38. The Morgan fingerprint density at radius 2 is 1.14 bits per heavy atom. The van der Waals surface area contributed by atoms with Crippen LogP contribution in [0.1, 0.15) is 105 Å². The minimum Gasteiger partial charge on any atom is -0.465 e. The van der Waals surface area contributed by atoms with Crippen molar-refractivity contribution in [2.45, 2.75) is 105 Å². The first-order valence-corrected chi connectivity index (χ1v) is 11.9. The second-order valence-corrected chi connectivity index (χ2v) is 8.59. The molecule has 1 aliphatic carbocycles. The van der Waals surface area contributed by atoms with E-state index in [2.05, 4.69) is 27.7 Å². The van der Waals surface area contributed by atoms with Gasteiger partial charge >= 0.3 is 11.9 Å². The van der Waals surface area contributed by atoms with Gasteiger partial charge in [0.25, 0.3) is 0 Å². The number of esters is 2. The molecule has 1 rings (SSSR count). The number of ether oxygens (including phenoxy) is 2. The van der Waals surface area contributed by atoms with E-state index in [1.54, 1.807) is 0 Å². The number of rotatable bonds is 14. The Morgan fingerprint density at radius 3 is 1.46 bits per heavy atom. The molecule has 0 radical (unpaired) electrons. The molecule has 0 amide bonds. The van der Waals surface area contributed by atoms with Crippen LogP contribution >= 0.6 is 0 Å². The molecule has 0 aliphatic heterocycles. The van der Waals surface area contributed by atoms with Gasteiger partial charge in [-0.3, -0.25) is 9.59 Å². The first-order chi connectivity index (χ1) is 13.6. The molecule has 0 bridgehead atoms. The highest BCUT2D eigenvalue weighted by Gasteiger charge is 2.38. The van der Waals surface area contributed by atoms with E-state index in [4.69, 9.17) is 9.47 Å². The van der Waals surface area contributed by atoms with Crippen molar-refractivity contribution >= 4 is 11.9 Å². The normalized spacial score (nSPS) is 21.7. The number of hydrogen-bond acceptors (Lipinski definition) is 4. The summed E-state index contributed by atoms with van der Waals surface area (Å²) in [4.78, 5) is 25.4. The lowest BCUT2D eigenvalue weighted by atomic mass is 9.79. The van der Waals surface area contributed by atoms with Crippen LogP contribution in [-0.2, 0) is 19.1 Å². The molecule has 0 N–H and O–H groups in total. The van der Waals surface area contributed by atoms with Gasteiger partial charge in [0.05, 0.1) is 25.0 Å². The molecule has 28 heavy (non-hydrogen) atoms. The number of hydrogen-bond donors (Lipinski definition) is 0. The van der Waals surface area contributed by atoms with Crippen molar-refractivity contribution in [3.05, 3.63) is 0 Å². The zero-order valence-corrected chi connectivity index (χ0v) is 18.8. The van der Waals surface area contributed by atoms with Gasteiger partial charge < -0.3 is 9.47 Å². The maximum atomic E-state index is 12.7. The van der Waals surface area contributed by atoms with Gasteiger partial charge in [-0.2, -0.15) is 0 Å². The Hall–Kier alpha value is -1.06. The summed E-state index contributed by atoms with van der Waals surface area (Å²) >= 11 is 0. The van der Waals surface area contributed by atoms with Gasteiger partial charge in [0, 0.05) is 0 Å². The summed E-state index contributed by atoms with van der Waals surface area (Å²) in [5, 5.41) is 0. The molecule has 0 heterocycles. The highest BCUT2D eigenvalue weighted by atomic mass is 16.5. The number of unbranched alkanes of at least 4 members (excludes halogenated alkanes) is 2. The number of carbonyl (C=O) groups excluding carboxylic acids is 2. The van der Waals surface area contributed by atoms with Crippen LogP contribution in [-0.4, -0.2) is 25.2 Å². The van der Waals surface area contributed by atoms with Gasteiger partial charge in [-0.15, -0.1) is 0 Å². The Kier molecular flexibility index (Phi) is 13.3. The molecule has 0 aromatic heterocycles. The molecule has 1 aliphatic rings. The maximum absolute atomic E-state index is 12.7. The van der Waals surface area contributed by atoms with E-state index < -0.39 is 0 Å². The Morgan fingerprint density at radius 1 is 0.750 bits per heavy atom. The lowest BCUT2D eigenvalue weighted by Gasteiger charge is -2.29. The molecular weight excluding hydrogens is 352 g/mol. The second kappa shape index (κ2) is 14.9. The molecule has 164 valence electrons. The molecule has 4 heteroatoms. The van der Waals surface area contributed by atoms with Crippen molar-refractivity contribution in [2.24, 2.45) is 23.7 Å². The van der Waals surface area contributed by atoms with E-state index in [9.17, 15) is 9.59 Å². The number of carbonyl (C=O) groups is 2. The third kappa shape index (κ3) is 8.96. The van der Waals surface area contributed by atoms with Crippen LogP contribution in [0.25, 0.3) is 0 Å². The second-order valence-electron chi connectivity index (χ2n) is 8.59. The molecule has 4 atom stereocenters. The van der Waals surface area contributed by atoms with Crippen LogP contribution in [0.5, 0.6) is 0 Å². The summed E-state index contributed by atoms with van der Waals surface area (Å²) < 4.78 is 11.3. The van der Waals surface area contributed by atoms with Gasteiger partial charge in [0.1, 0.15) is 0 Å². The lowest BCUT2D eigenvalue weighted by Crippen LogP contribution is -2.36. The predicted molar refractivity (Wildman–Crippen MR) is 114 cm³/mol. The summed E-state index contributed by atoms with van der Waals surface area (Å²) in [7, 11) is 0. The van der Waals surface area contributed by atoms with E-state index >= 15 is 0 Å². The van der Waals surface area contributed by atoms with E-state index in [1.807, 2.05) is 0 Å².